The molecule has 0 spiro atoms. The summed E-state index contributed by atoms with van der Waals surface area (Å²) in [7, 11) is 0. The van der Waals surface area contributed by atoms with Crippen molar-refractivity contribution in [2.24, 2.45) is 5.92 Å². The topological polar surface area (TPSA) is 94.6 Å². The maximum Gasteiger partial charge on any atom is 0.254 e. The van der Waals surface area contributed by atoms with E-state index in [2.05, 4.69) is 27.4 Å². The van der Waals surface area contributed by atoms with Crippen molar-refractivity contribution in [3.8, 4) is 0 Å². The fourth-order valence-electron chi connectivity index (χ4n) is 4.43. The normalized spacial score (nSPS) is 16.1. The van der Waals surface area contributed by atoms with E-state index in [1.807, 2.05) is 32.0 Å². The van der Waals surface area contributed by atoms with Gasteiger partial charge >= 0.3 is 0 Å². The van der Waals surface area contributed by atoms with Crippen LogP contribution in [0.15, 0.2) is 35.7 Å². The molecule has 3 rings (SSSR count). The monoisotopic (exact) mass is 513 g/mol. The molecular weight excluding hydrogens is 474 g/mol. The molecule has 2 aromatic rings. The van der Waals surface area contributed by atoms with Gasteiger partial charge in [-0.1, -0.05) is 38.5 Å². The number of anilines is 1. The van der Waals surface area contributed by atoms with Gasteiger partial charge < -0.3 is 20.4 Å². The Balaban J connectivity index is 1.43. The molecule has 1 fully saturated rings. The van der Waals surface area contributed by atoms with Gasteiger partial charge in [-0.2, -0.15) is 0 Å². The molecule has 1 atom stereocenters. The van der Waals surface area contributed by atoms with Crippen LogP contribution < -0.4 is 10.6 Å². The number of nitrogens with one attached hydrogen (secondary N) is 2. The van der Waals surface area contributed by atoms with E-state index >= 15 is 0 Å². The summed E-state index contributed by atoms with van der Waals surface area (Å²) in [4.78, 5) is 46.3. The van der Waals surface area contributed by atoms with Crippen LogP contribution in [0, 0.1) is 5.92 Å². The quantitative estimate of drug-likeness (QED) is 0.421. The first-order valence-corrected chi connectivity index (χ1v) is 13.8. The molecule has 0 aliphatic carbocycles. The van der Waals surface area contributed by atoms with Crippen molar-refractivity contribution in [3.63, 3.8) is 0 Å². The summed E-state index contributed by atoms with van der Waals surface area (Å²) in [5.41, 5.74) is 1.18. The first-order valence-electron chi connectivity index (χ1n) is 12.9. The second-order valence-corrected chi connectivity index (χ2v) is 10.8. The number of thiazole rings is 1. The molecule has 2 N–H and O–H groups in total. The highest BCUT2D eigenvalue weighted by Gasteiger charge is 2.21. The van der Waals surface area contributed by atoms with Crippen molar-refractivity contribution in [2.75, 3.05) is 38.0 Å². The number of carbonyl (C=O) groups excluding carboxylic acids is 3. The fraction of sp³-hybridized carbons (Fsp3) is 0.556. The lowest BCUT2D eigenvalue weighted by Gasteiger charge is -2.33. The predicted octanol–water partition coefficient (Wildman–Crippen LogP) is 3.80. The van der Waals surface area contributed by atoms with E-state index < -0.39 is 0 Å². The Hall–Kier alpha value is -2.78. The number of rotatable bonds is 12. The minimum atomic E-state index is -0.308. The van der Waals surface area contributed by atoms with Crippen molar-refractivity contribution in [1.29, 1.82) is 0 Å². The maximum absolute atomic E-state index is 12.9. The molecule has 196 valence electrons. The third kappa shape index (κ3) is 9.02. The fourth-order valence-corrected chi connectivity index (χ4v) is 5.15. The minimum absolute atomic E-state index is 0.0586. The molecule has 9 heteroatoms. The van der Waals surface area contributed by atoms with Crippen LogP contribution in [-0.2, 0) is 16.0 Å². The zero-order valence-corrected chi connectivity index (χ0v) is 22.5. The molecule has 1 aromatic carbocycles. The van der Waals surface area contributed by atoms with Crippen molar-refractivity contribution in [3.05, 3.63) is 47.0 Å². The van der Waals surface area contributed by atoms with Crippen LogP contribution in [0.3, 0.4) is 0 Å². The molecule has 8 nitrogen and oxygen atoms in total. The molecule has 1 aromatic heterocycles. The number of amides is 3. The molecule has 2 heterocycles. The molecule has 36 heavy (non-hydrogen) atoms. The van der Waals surface area contributed by atoms with Crippen LogP contribution >= 0.6 is 11.3 Å². The van der Waals surface area contributed by atoms with Crippen LogP contribution in [0.5, 0.6) is 0 Å². The Morgan fingerprint density at radius 3 is 2.67 bits per heavy atom. The second-order valence-electron chi connectivity index (χ2n) is 9.90. The summed E-state index contributed by atoms with van der Waals surface area (Å²) in [5.74, 6) is -0.331. The summed E-state index contributed by atoms with van der Waals surface area (Å²) >= 11 is 1.28. The highest BCUT2D eigenvalue weighted by Crippen LogP contribution is 2.17. The number of hydrogen-bond acceptors (Lipinski definition) is 6. The van der Waals surface area contributed by atoms with Crippen LogP contribution in [0.4, 0.5) is 5.13 Å². The number of hydrogen-bond donors (Lipinski definition) is 2. The molecule has 3 amide bonds. The maximum atomic E-state index is 12.9. The molecule has 0 radical (unpaired) electrons. The zero-order valence-electron chi connectivity index (χ0n) is 21.7. The summed E-state index contributed by atoms with van der Waals surface area (Å²) < 4.78 is 0. The van der Waals surface area contributed by atoms with E-state index in [1.165, 1.54) is 30.6 Å². The molecule has 0 saturated carbocycles. The standard InChI is InChI=1S/C27H39N5O3S/c1-20(2)17-32(26(35)22-11-5-4-6-12-22)18-25(34)30-27-29-23(19-36-27)16-24(33)28-13-9-15-31-14-8-7-10-21(31)3/h4-6,11-12,19-21H,7-10,13-18H2,1-3H3,(H,28,33)(H,29,30,34). The van der Waals surface area contributed by atoms with Crippen molar-refractivity contribution in [1.82, 2.24) is 20.1 Å². The van der Waals surface area contributed by atoms with Gasteiger partial charge in [-0.05, 0) is 50.8 Å². The minimum Gasteiger partial charge on any atom is -0.356 e. The van der Waals surface area contributed by atoms with E-state index in [-0.39, 0.29) is 36.6 Å². The van der Waals surface area contributed by atoms with Gasteiger partial charge in [-0.3, -0.25) is 14.4 Å². The van der Waals surface area contributed by atoms with Crippen LogP contribution in [0.1, 0.15) is 62.5 Å². The lowest BCUT2D eigenvalue weighted by Crippen LogP contribution is -2.40. The van der Waals surface area contributed by atoms with Gasteiger partial charge in [0.2, 0.25) is 11.8 Å². The molecule has 1 unspecified atom stereocenters. The van der Waals surface area contributed by atoms with Crippen LogP contribution in [0.25, 0.3) is 0 Å². The number of likely N-dealkylation sites (tertiary alicyclic amines) is 1. The van der Waals surface area contributed by atoms with Gasteiger partial charge in [-0.25, -0.2) is 4.98 Å². The molecular formula is C27H39N5O3S. The first-order chi connectivity index (χ1) is 17.3. The number of piperidine rings is 1. The third-order valence-corrected chi connectivity index (χ3v) is 7.06. The Kier molecular flexibility index (Phi) is 10.9. The van der Waals surface area contributed by atoms with Gasteiger partial charge in [0, 0.05) is 36.6 Å². The van der Waals surface area contributed by atoms with E-state index in [0.717, 1.165) is 19.5 Å². The van der Waals surface area contributed by atoms with Gasteiger partial charge in [0.05, 0.1) is 12.1 Å². The summed E-state index contributed by atoms with van der Waals surface area (Å²) in [6.07, 6.45) is 4.95. The van der Waals surface area contributed by atoms with Gasteiger partial charge in [-0.15, -0.1) is 11.3 Å². The number of nitrogens with zero attached hydrogens (tertiary/aromatic N) is 3. The van der Waals surface area contributed by atoms with Gasteiger partial charge in [0.15, 0.2) is 5.13 Å². The lowest BCUT2D eigenvalue weighted by atomic mass is 10.0. The Morgan fingerprint density at radius 1 is 1.17 bits per heavy atom. The van der Waals surface area contributed by atoms with Crippen molar-refractivity contribution < 1.29 is 14.4 Å². The van der Waals surface area contributed by atoms with Crippen molar-refractivity contribution >= 4 is 34.2 Å². The first kappa shape index (κ1) is 27.8. The van der Waals surface area contributed by atoms with Crippen LogP contribution in [0.2, 0.25) is 0 Å². The number of aromatic nitrogens is 1. The summed E-state index contributed by atoms with van der Waals surface area (Å²) in [6, 6.07) is 9.60. The molecule has 1 saturated heterocycles. The van der Waals surface area contributed by atoms with E-state index in [9.17, 15) is 14.4 Å². The second kappa shape index (κ2) is 14.1. The third-order valence-electron chi connectivity index (χ3n) is 6.25. The van der Waals surface area contributed by atoms with Crippen molar-refractivity contribution in [2.45, 2.75) is 58.9 Å². The van der Waals surface area contributed by atoms with E-state index in [0.29, 0.717) is 35.5 Å². The highest BCUT2D eigenvalue weighted by molar-refractivity contribution is 7.13. The Bertz CT molecular complexity index is 994. The average molecular weight is 514 g/mol. The number of carbonyl (C=O) groups is 3. The number of benzene rings is 1. The van der Waals surface area contributed by atoms with E-state index in [1.54, 1.807) is 22.4 Å². The Morgan fingerprint density at radius 2 is 1.94 bits per heavy atom. The lowest BCUT2D eigenvalue weighted by molar-refractivity contribution is -0.120. The smallest absolute Gasteiger partial charge is 0.254 e. The summed E-state index contributed by atoms with van der Waals surface area (Å²) in [6.45, 7) is 9.52. The van der Waals surface area contributed by atoms with E-state index in [4.69, 9.17) is 0 Å². The average Bonchev–Trinajstić information content (AvgIpc) is 3.28. The van der Waals surface area contributed by atoms with Gasteiger partial charge in [0.25, 0.3) is 5.91 Å². The molecule has 0 bridgehead atoms. The van der Waals surface area contributed by atoms with Gasteiger partial charge in [0.1, 0.15) is 6.54 Å². The molecule has 1 aliphatic rings. The highest BCUT2D eigenvalue weighted by atomic mass is 32.1. The molecule has 1 aliphatic heterocycles. The predicted molar refractivity (Wildman–Crippen MR) is 144 cm³/mol. The Labute approximate surface area is 218 Å². The zero-order chi connectivity index (χ0) is 25.9. The SMILES string of the molecule is CC(C)CN(CC(=O)Nc1nc(CC(=O)NCCCN2CCCCC2C)cs1)C(=O)c1ccccc1. The largest absolute Gasteiger partial charge is 0.356 e. The van der Waals surface area contributed by atoms with Crippen LogP contribution in [-0.4, -0.2) is 71.3 Å². The summed E-state index contributed by atoms with van der Waals surface area (Å²) in [5, 5.41) is 7.96.